The molecule has 0 aromatic carbocycles. The van der Waals surface area contributed by atoms with Gasteiger partial charge in [-0.1, -0.05) is 24.9 Å². The maximum atomic E-state index is 4.85. The molecule has 1 fully saturated rings. The van der Waals surface area contributed by atoms with Crippen LogP contribution in [0, 0.1) is 5.92 Å². The molecule has 70 valence electrons. The molecule has 0 N–H and O–H groups in total. The van der Waals surface area contributed by atoms with Gasteiger partial charge in [0.05, 0.1) is 5.71 Å². The molecule has 1 saturated carbocycles. The lowest BCUT2D eigenvalue weighted by molar-refractivity contribution is 0.208. The second-order valence-corrected chi connectivity index (χ2v) is 3.50. The zero-order valence-corrected chi connectivity index (χ0v) is 8.18. The Labute approximate surface area is 75.0 Å². The van der Waals surface area contributed by atoms with Crippen LogP contribution in [0.5, 0.6) is 0 Å². The van der Waals surface area contributed by atoms with Gasteiger partial charge in [0.25, 0.3) is 0 Å². The topological polar surface area (TPSA) is 21.6 Å². The number of hydrogen-bond donors (Lipinski definition) is 0. The van der Waals surface area contributed by atoms with Crippen LogP contribution in [-0.4, -0.2) is 12.8 Å². The largest absolute Gasteiger partial charge is 0.399 e. The lowest BCUT2D eigenvalue weighted by Gasteiger charge is -2.22. The molecular weight excluding hydrogens is 150 g/mol. The number of nitrogens with zero attached hydrogens (tertiary/aromatic N) is 1. The predicted molar refractivity (Wildman–Crippen MR) is 51.3 cm³/mol. The van der Waals surface area contributed by atoms with Gasteiger partial charge >= 0.3 is 0 Å². The summed E-state index contributed by atoms with van der Waals surface area (Å²) in [5, 5.41) is 4.10. The summed E-state index contributed by atoms with van der Waals surface area (Å²) in [6.07, 6.45) is 7.67. The van der Waals surface area contributed by atoms with Crippen LogP contribution in [0.25, 0.3) is 0 Å². The van der Waals surface area contributed by atoms with Gasteiger partial charge < -0.3 is 4.84 Å². The second-order valence-electron chi connectivity index (χ2n) is 3.50. The Morgan fingerprint density at radius 1 is 1.50 bits per heavy atom. The molecule has 0 aliphatic heterocycles. The molecule has 0 radical (unpaired) electrons. The SMILES string of the molecule is CCCC1CCCC/C1=N\OC. The van der Waals surface area contributed by atoms with Crippen molar-refractivity contribution in [1.82, 2.24) is 0 Å². The van der Waals surface area contributed by atoms with Gasteiger partial charge in [-0.2, -0.15) is 0 Å². The van der Waals surface area contributed by atoms with Crippen molar-refractivity contribution in [3.63, 3.8) is 0 Å². The molecule has 1 aliphatic carbocycles. The van der Waals surface area contributed by atoms with Crippen LogP contribution in [0.15, 0.2) is 5.16 Å². The van der Waals surface area contributed by atoms with E-state index in [1.54, 1.807) is 7.11 Å². The molecule has 0 aromatic rings. The average molecular weight is 169 g/mol. The fraction of sp³-hybridized carbons (Fsp3) is 0.900. The third-order valence-electron chi connectivity index (χ3n) is 2.55. The summed E-state index contributed by atoms with van der Waals surface area (Å²) in [6.45, 7) is 2.24. The first kappa shape index (κ1) is 9.56. The van der Waals surface area contributed by atoms with Crippen LogP contribution in [-0.2, 0) is 4.84 Å². The third-order valence-corrected chi connectivity index (χ3v) is 2.55. The molecule has 2 heteroatoms. The second kappa shape index (κ2) is 5.18. The Morgan fingerprint density at radius 3 is 3.00 bits per heavy atom. The maximum Gasteiger partial charge on any atom is 0.106 e. The molecule has 0 spiro atoms. The van der Waals surface area contributed by atoms with E-state index < -0.39 is 0 Å². The number of oxime groups is 1. The zero-order valence-electron chi connectivity index (χ0n) is 8.18. The van der Waals surface area contributed by atoms with E-state index in [1.807, 2.05) is 0 Å². The van der Waals surface area contributed by atoms with E-state index in [0.717, 1.165) is 6.42 Å². The van der Waals surface area contributed by atoms with Crippen molar-refractivity contribution >= 4 is 5.71 Å². The van der Waals surface area contributed by atoms with Gasteiger partial charge in [-0.3, -0.25) is 0 Å². The lowest BCUT2D eigenvalue weighted by Crippen LogP contribution is -2.19. The Bertz CT molecular complexity index is 152. The van der Waals surface area contributed by atoms with Crippen LogP contribution in [0.1, 0.15) is 45.4 Å². The van der Waals surface area contributed by atoms with Crippen molar-refractivity contribution in [3.8, 4) is 0 Å². The first-order valence-electron chi connectivity index (χ1n) is 4.98. The molecule has 0 heterocycles. The van der Waals surface area contributed by atoms with Crippen LogP contribution in [0.3, 0.4) is 0 Å². The molecule has 1 unspecified atom stereocenters. The summed E-state index contributed by atoms with van der Waals surface area (Å²) in [5.41, 5.74) is 1.30. The van der Waals surface area contributed by atoms with Gasteiger partial charge in [0.15, 0.2) is 0 Å². The first-order valence-corrected chi connectivity index (χ1v) is 4.98. The smallest absolute Gasteiger partial charge is 0.106 e. The van der Waals surface area contributed by atoms with Crippen LogP contribution in [0.2, 0.25) is 0 Å². The van der Waals surface area contributed by atoms with E-state index >= 15 is 0 Å². The molecule has 1 atom stereocenters. The van der Waals surface area contributed by atoms with Crippen molar-refractivity contribution in [2.45, 2.75) is 45.4 Å². The minimum absolute atomic E-state index is 0.712. The molecule has 12 heavy (non-hydrogen) atoms. The van der Waals surface area contributed by atoms with Crippen molar-refractivity contribution in [1.29, 1.82) is 0 Å². The summed E-state index contributed by atoms with van der Waals surface area (Å²) in [5.74, 6) is 0.712. The summed E-state index contributed by atoms with van der Waals surface area (Å²) in [6, 6.07) is 0. The van der Waals surface area contributed by atoms with Crippen LogP contribution < -0.4 is 0 Å². The normalized spacial score (nSPS) is 27.5. The fourth-order valence-corrected chi connectivity index (χ4v) is 1.96. The van der Waals surface area contributed by atoms with Crippen molar-refractivity contribution in [2.75, 3.05) is 7.11 Å². The molecule has 2 nitrogen and oxygen atoms in total. The van der Waals surface area contributed by atoms with Gasteiger partial charge in [0.2, 0.25) is 0 Å². The number of rotatable bonds is 3. The van der Waals surface area contributed by atoms with Gasteiger partial charge in [0.1, 0.15) is 7.11 Å². The minimum Gasteiger partial charge on any atom is -0.399 e. The quantitative estimate of drug-likeness (QED) is 0.595. The van der Waals surface area contributed by atoms with Gasteiger partial charge in [-0.15, -0.1) is 0 Å². The Kier molecular flexibility index (Phi) is 4.12. The van der Waals surface area contributed by atoms with Crippen LogP contribution >= 0.6 is 0 Å². The van der Waals surface area contributed by atoms with E-state index in [-0.39, 0.29) is 0 Å². The molecule has 0 amide bonds. The van der Waals surface area contributed by atoms with Gasteiger partial charge in [-0.05, 0) is 25.7 Å². The highest BCUT2D eigenvalue weighted by Crippen LogP contribution is 2.25. The number of hydrogen-bond acceptors (Lipinski definition) is 2. The highest BCUT2D eigenvalue weighted by molar-refractivity contribution is 5.86. The van der Waals surface area contributed by atoms with E-state index in [4.69, 9.17) is 4.84 Å². The summed E-state index contributed by atoms with van der Waals surface area (Å²) in [7, 11) is 1.64. The molecule has 0 aromatic heterocycles. The molecule has 0 bridgehead atoms. The highest BCUT2D eigenvalue weighted by Gasteiger charge is 2.19. The van der Waals surface area contributed by atoms with Gasteiger partial charge in [0, 0.05) is 5.92 Å². The molecule has 0 saturated heterocycles. The Balaban J connectivity index is 2.48. The summed E-state index contributed by atoms with van der Waals surface area (Å²) < 4.78 is 0. The van der Waals surface area contributed by atoms with Crippen LogP contribution in [0.4, 0.5) is 0 Å². The molecular formula is C10H19NO. The monoisotopic (exact) mass is 169 g/mol. The van der Waals surface area contributed by atoms with E-state index in [1.165, 1.54) is 37.8 Å². The zero-order chi connectivity index (χ0) is 8.81. The highest BCUT2D eigenvalue weighted by atomic mass is 16.6. The lowest BCUT2D eigenvalue weighted by atomic mass is 9.84. The minimum atomic E-state index is 0.712. The summed E-state index contributed by atoms with van der Waals surface area (Å²) in [4.78, 5) is 4.85. The van der Waals surface area contributed by atoms with E-state index in [2.05, 4.69) is 12.1 Å². The Hall–Kier alpha value is -0.530. The Morgan fingerprint density at radius 2 is 2.33 bits per heavy atom. The predicted octanol–water partition coefficient (Wildman–Crippen LogP) is 2.98. The summed E-state index contributed by atoms with van der Waals surface area (Å²) >= 11 is 0. The van der Waals surface area contributed by atoms with E-state index in [0.29, 0.717) is 5.92 Å². The average Bonchev–Trinajstić information content (AvgIpc) is 2.09. The van der Waals surface area contributed by atoms with Crippen molar-refractivity contribution < 1.29 is 4.84 Å². The maximum absolute atomic E-state index is 4.85. The van der Waals surface area contributed by atoms with E-state index in [9.17, 15) is 0 Å². The van der Waals surface area contributed by atoms with Crippen molar-refractivity contribution in [2.24, 2.45) is 11.1 Å². The van der Waals surface area contributed by atoms with Gasteiger partial charge in [-0.25, -0.2) is 0 Å². The van der Waals surface area contributed by atoms with Crippen molar-refractivity contribution in [3.05, 3.63) is 0 Å². The molecule has 1 rings (SSSR count). The standard InChI is InChI=1S/C10H19NO/c1-3-6-9-7-4-5-8-10(9)11-12-2/h9H,3-8H2,1-2H3/b11-10+. The fourth-order valence-electron chi connectivity index (χ4n) is 1.96. The molecule has 1 aliphatic rings. The first-order chi connectivity index (χ1) is 5.88. The third kappa shape index (κ3) is 2.50.